The van der Waals surface area contributed by atoms with Crippen molar-refractivity contribution in [3.63, 3.8) is 0 Å². The van der Waals surface area contributed by atoms with Crippen molar-refractivity contribution in [2.75, 3.05) is 17.3 Å². The number of hydrazone groups is 1. The topological polar surface area (TPSA) is 89.1 Å². The van der Waals surface area contributed by atoms with Crippen molar-refractivity contribution in [1.82, 2.24) is 21.1 Å². The number of benzene rings is 2. The molecule has 3 aliphatic rings. The van der Waals surface area contributed by atoms with Gasteiger partial charge >= 0.3 is 0 Å². The summed E-state index contributed by atoms with van der Waals surface area (Å²) in [4.78, 5) is 27.2. The quantitative estimate of drug-likeness (QED) is 0.433. The number of hydrogen-bond acceptors (Lipinski definition) is 8. The molecule has 38 heavy (non-hydrogen) atoms. The monoisotopic (exact) mass is 554 g/mol. The molecule has 6 rings (SSSR count). The molecule has 2 aromatic carbocycles. The second kappa shape index (κ2) is 10.4. The molecule has 0 bridgehead atoms. The van der Waals surface area contributed by atoms with Gasteiger partial charge in [0.2, 0.25) is 5.91 Å². The van der Waals surface area contributed by atoms with Crippen LogP contribution in [0.5, 0.6) is 0 Å². The molecule has 2 fully saturated rings. The van der Waals surface area contributed by atoms with Crippen LogP contribution < -0.4 is 21.1 Å². The minimum absolute atomic E-state index is 0.0677. The van der Waals surface area contributed by atoms with Crippen LogP contribution in [0, 0.1) is 17.6 Å². The number of thioether (sulfide) groups is 1. The number of anilines is 1. The van der Waals surface area contributed by atoms with E-state index in [1.807, 2.05) is 22.5 Å². The van der Waals surface area contributed by atoms with Crippen molar-refractivity contribution < 1.29 is 18.4 Å². The highest BCUT2D eigenvalue weighted by molar-refractivity contribution is 8.00. The minimum Gasteiger partial charge on any atom is -0.331 e. The largest absolute Gasteiger partial charge is 0.331 e. The highest BCUT2D eigenvalue weighted by atomic mass is 32.2. The Morgan fingerprint density at radius 2 is 1.82 bits per heavy atom. The number of nitrogens with one attached hydrogen (secondary N) is 3. The predicted octanol–water partition coefficient (Wildman–Crippen LogP) is 3.41. The SMILES string of the molecule is O=C1NC(SCC(=O)N2N=C(c3cccs3)CC2c2ccc(F)cc2)NC2C1CNN2c1ccc(F)cc1. The molecular formula is C26H24F2N6O2S2. The molecule has 4 unspecified atom stereocenters. The third-order valence-corrected chi connectivity index (χ3v) is 8.70. The molecule has 0 saturated carbocycles. The van der Waals surface area contributed by atoms with E-state index >= 15 is 0 Å². The molecule has 12 heteroatoms. The van der Waals surface area contributed by atoms with E-state index in [1.165, 1.54) is 41.0 Å². The van der Waals surface area contributed by atoms with Crippen LogP contribution >= 0.6 is 23.1 Å². The van der Waals surface area contributed by atoms with Crippen LogP contribution in [0.15, 0.2) is 71.1 Å². The first kappa shape index (κ1) is 25.0. The highest BCUT2D eigenvalue weighted by Crippen LogP contribution is 2.35. The average Bonchev–Trinajstić information content (AvgIpc) is 3.68. The summed E-state index contributed by atoms with van der Waals surface area (Å²) >= 11 is 2.82. The van der Waals surface area contributed by atoms with Crippen molar-refractivity contribution in [3.8, 4) is 0 Å². The van der Waals surface area contributed by atoms with Crippen molar-refractivity contribution in [1.29, 1.82) is 0 Å². The first-order chi connectivity index (χ1) is 18.5. The summed E-state index contributed by atoms with van der Waals surface area (Å²) in [5.74, 6) is -1.29. The van der Waals surface area contributed by atoms with Crippen LogP contribution in [0.3, 0.4) is 0 Å². The van der Waals surface area contributed by atoms with Crippen molar-refractivity contribution in [2.45, 2.75) is 24.1 Å². The van der Waals surface area contributed by atoms with Crippen LogP contribution in [0.1, 0.15) is 22.9 Å². The predicted molar refractivity (Wildman–Crippen MR) is 143 cm³/mol. The number of carbonyl (C=O) groups is 2. The Bertz CT molecular complexity index is 1350. The maximum atomic E-state index is 13.6. The molecule has 0 spiro atoms. The summed E-state index contributed by atoms with van der Waals surface area (Å²) in [6.45, 7) is 0.435. The number of hydrazine groups is 1. The van der Waals surface area contributed by atoms with Crippen LogP contribution in [0.2, 0.25) is 0 Å². The molecule has 8 nitrogen and oxygen atoms in total. The van der Waals surface area contributed by atoms with Gasteiger partial charge in [-0.15, -0.1) is 23.1 Å². The van der Waals surface area contributed by atoms with E-state index in [0.29, 0.717) is 13.0 Å². The molecule has 2 amide bonds. The Morgan fingerprint density at radius 1 is 1.08 bits per heavy atom. The van der Waals surface area contributed by atoms with Crippen LogP contribution in [0.4, 0.5) is 14.5 Å². The van der Waals surface area contributed by atoms with Gasteiger partial charge in [-0.3, -0.25) is 19.9 Å². The van der Waals surface area contributed by atoms with Crippen LogP contribution in [-0.4, -0.2) is 46.5 Å². The molecule has 196 valence electrons. The molecule has 3 N–H and O–H groups in total. The molecular weight excluding hydrogens is 530 g/mol. The molecule has 1 aromatic heterocycles. The van der Waals surface area contributed by atoms with Gasteiger partial charge < -0.3 is 5.32 Å². The van der Waals surface area contributed by atoms with Gasteiger partial charge in [0.15, 0.2) is 0 Å². The fourth-order valence-corrected chi connectivity index (χ4v) is 6.48. The van der Waals surface area contributed by atoms with Gasteiger partial charge in [-0.2, -0.15) is 5.10 Å². The standard InChI is InChI=1S/C26H24F2N6O2S2/c27-16-5-3-15(4-6-16)21-12-20(22-2-1-11-37-22)32-34(21)23(35)14-38-26-30-24-19(25(36)31-26)13-29-33(24)18-9-7-17(28)8-10-18/h1-11,19,21,24,26,29-30H,12-14H2,(H,31,36). The van der Waals surface area contributed by atoms with Crippen molar-refractivity contribution in [2.24, 2.45) is 11.0 Å². The third kappa shape index (κ3) is 4.92. The zero-order valence-corrected chi connectivity index (χ0v) is 21.6. The Morgan fingerprint density at radius 3 is 2.53 bits per heavy atom. The lowest BCUT2D eigenvalue weighted by Crippen LogP contribution is -2.63. The van der Waals surface area contributed by atoms with E-state index in [4.69, 9.17) is 0 Å². The zero-order valence-electron chi connectivity index (χ0n) is 20.0. The van der Waals surface area contributed by atoms with Gasteiger partial charge in [-0.1, -0.05) is 18.2 Å². The van der Waals surface area contributed by atoms with E-state index in [2.05, 4.69) is 21.2 Å². The van der Waals surface area contributed by atoms with E-state index < -0.39 is 5.50 Å². The summed E-state index contributed by atoms with van der Waals surface area (Å²) < 4.78 is 27.0. The lowest BCUT2D eigenvalue weighted by Gasteiger charge is -2.37. The Balaban J connectivity index is 1.15. The van der Waals surface area contributed by atoms with Gasteiger partial charge in [-0.25, -0.2) is 19.2 Å². The van der Waals surface area contributed by atoms with E-state index in [1.54, 1.807) is 35.6 Å². The van der Waals surface area contributed by atoms with E-state index in [-0.39, 0.29) is 47.3 Å². The number of hydrogen-bond donors (Lipinski definition) is 3. The van der Waals surface area contributed by atoms with Crippen molar-refractivity contribution in [3.05, 3.63) is 88.1 Å². The number of thiophene rings is 1. The normalized spacial score (nSPS) is 24.8. The molecule has 4 atom stereocenters. The van der Waals surface area contributed by atoms with Gasteiger partial charge in [0.25, 0.3) is 5.91 Å². The van der Waals surface area contributed by atoms with Crippen LogP contribution in [-0.2, 0) is 9.59 Å². The number of fused-ring (bicyclic) bond motifs is 1. The second-order valence-corrected chi connectivity index (χ2v) is 11.2. The molecule has 0 radical (unpaired) electrons. The second-order valence-electron chi connectivity index (χ2n) is 9.16. The Labute approximate surface area is 226 Å². The lowest BCUT2D eigenvalue weighted by molar-refractivity contribution is -0.130. The summed E-state index contributed by atoms with van der Waals surface area (Å²) in [5.41, 5.74) is 5.04. The van der Waals surface area contributed by atoms with Gasteiger partial charge in [0, 0.05) is 13.0 Å². The Kier molecular flexibility index (Phi) is 6.87. The molecule has 0 aliphatic carbocycles. The molecule has 2 saturated heterocycles. The number of carbonyl (C=O) groups excluding carboxylic acids is 2. The first-order valence-electron chi connectivity index (χ1n) is 12.1. The van der Waals surface area contributed by atoms with E-state index in [0.717, 1.165) is 21.8 Å². The molecule has 3 aromatic rings. The zero-order chi connectivity index (χ0) is 26.2. The van der Waals surface area contributed by atoms with Crippen LogP contribution in [0.25, 0.3) is 0 Å². The highest BCUT2D eigenvalue weighted by Gasteiger charge is 2.44. The summed E-state index contributed by atoms with van der Waals surface area (Å²) in [6.07, 6.45) is 0.173. The molecule has 4 heterocycles. The summed E-state index contributed by atoms with van der Waals surface area (Å²) in [7, 11) is 0. The van der Waals surface area contributed by atoms with Gasteiger partial charge in [0.05, 0.1) is 34.0 Å². The average molecular weight is 555 g/mol. The fraction of sp³-hybridized carbons (Fsp3) is 0.269. The fourth-order valence-electron chi connectivity index (χ4n) is 4.89. The number of halogens is 2. The maximum absolute atomic E-state index is 13.6. The summed E-state index contributed by atoms with van der Waals surface area (Å²) in [5, 5.41) is 16.2. The first-order valence-corrected chi connectivity index (χ1v) is 14.0. The van der Waals surface area contributed by atoms with Gasteiger partial charge in [-0.05, 0) is 53.4 Å². The smallest absolute Gasteiger partial charge is 0.253 e. The maximum Gasteiger partial charge on any atom is 0.253 e. The van der Waals surface area contributed by atoms with Gasteiger partial charge in [0.1, 0.15) is 23.3 Å². The lowest BCUT2D eigenvalue weighted by atomic mass is 10.0. The number of rotatable bonds is 6. The summed E-state index contributed by atoms with van der Waals surface area (Å²) in [6, 6.07) is 15.7. The Hall–Kier alpha value is -3.32. The number of amides is 2. The third-order valence-electron chi connectivity index (χ3n) is 6.78. The van der Waals surface area contributed by atoms with E-state index in [9.17, 15) is 18.4 Å². The minimum atomic E-state index is -0.511. The van der Waals surface area contributed by atoms with Crippen molar-refractivity contribution >= 4 is 46.3 Å². The molecule has 3 aliphatic heterocycles. The number of nitrogens with zero attached hydrogens (tertiary/aromatic N) is 3.